The second-order valence-corrected chi connectivity index (χ2v) is 7.60. The molecule has 1 aromatic heterocycles. The zero-order chi connectivity index (χ0) is 21.3. The number of hydrogen-bond donors (Lipinski definition) is 2. The fraction of sp³-hybridized carbons (Fsp3) is 0.286. The van der Waals surface area contributed by atoms with Crippen molar-refractivity contribution in [1.29, 1.82) is 0 Å². The van der Waals surface area contributed by atoms with Crippen LogP contribution in [0.3, 0.4) is 0 Å². The Balaban J connectivity index is 1.42. The summed E-state index contributed by atoms with van der Waals surface area (Å²) in [5.74, 6) is 7.56. The van der Waals surface area contributed by atoms with E-state index in [1.54, 1.807) is 7.11 Å². The van der Waals surface area contributed by atoms with Crippen molar-refractivity contribution in [3.8, 4) is 17.1 Å². The summed E-state index contributed by atoms with van der Waals surface area (Å²) in [6, 6.07) is 17.6. The van der Waals surface area contributed by atoms with Crippen LogP contribution in [0.4, 0.5) is 5.69 Å². The van der Waals surface area contributed by atoms with E-state index in [9.17, 15) is 4.79 Å². The topological polar surface area (TPSA) is 98.3 Å². The zero-order valence-corrected chi connectivity index (χ0v) is 17.9. The Kier molecular flexibility index (Phi) is 7.56. The van der Waals surface area contributed by atoms with Crippen LogP contribution in [0, 0.1) is 0 Å². The number of carbonyl (C=O) groups excluding carboxylic acids is 1. The molecule has 0 radical (unpaired) electrons. The lowest BCUT2D eigenvalue weighted by Gasteiger charge is -2.19. The van der Waals surface area contributed by atoms with E-state index in [4.69, 9.17) is 10.6 Å². The minimum atomic E-state index is -0.0589. The van der Waals surface area contributed by atoms with Crippen LogP contribution in [0.25, 0.3) is 11.4 Å². The maximum atomic E-state index is 12.1. The van der Waals surface area contributed by atoms with E-state index < -0.39 is 0 Å². The number of nitrogens with one attached hydrogen (secondary N) is 1. The molecule has 3 rings (SSSR count). The Morgan fingerprint density at radius 2 is 1.90 bits per heavy atom. The molecule has 0 fully saturated rings. The molecule has 3 aromatic rings. The number of nitrogen functional groups attached to an aromatic ring is 1. The summed E-state index contributed by atoms with van der Waals surface area (Å²) in [4.78, 5) is 14.3. The van der Waals surface area contributed by atoms with Gasteiger partial charge in [-0.05, 0) is 42.8 Å². The molecule has 1 amide bonds. The molecular formula is C21H26N6O2S. The molecule has 3 N–H and O–H groups in total. The molecule has 8 nitrogen and oxygen atoms in total. The van der Waals surface area contributed by atoms with Gasteiger partial charge in [-0.2, -0.15) is 0 Å². The normalized spacial score (nSPS) is 10.6. The lowest BCUT2D eigenvalue weighted by atomic mass is 10.2. The third-order valence-corrected chi connectivity index (χ3v) is 5.48. The van der Waals surface area contributed by atoms with Crippen molar-refractivity contribution in [1.82, 2.24) is 20.2 Å². The first-order chi connectivity index (χ1) is 14.6. The predicted molar refractivity (Wildman–Crippen MR) is 120 cm³/mol. The summed E-state index contributed by atoms with van der Waals surface area (Å²) in [7, 11) is 3.66. The highest BCUT2D eigenvalue weighted by Gasteiger charge is 2.14. The standard InChI is InChI=1S/C21H26N6O2S/c1-26(17-7-4-3-5-8-17)14-6-13-23-19(28)15-30-21-25-24-20(27(21)22)16-9-11-18(29-2)12-10-16/h3-5,7-12H,6,13-15,22H2,1-2H3,(H,23,28). The Bertz CT molecular complexity index is 946. The van der Waals surface area contributed by atoms with Gasteiger partial charge in [0.05, 0.1) is 12.9 Å². The second-order valence-electron chi connectivity index (χ2n) is 6.65. The molecule has 0 saturated heterocycles. The molecular weight excluding hydrogens is 400 g/mol. The average molecular weight is 427 g/mol. The summed E-state index contributed by atoms with van der Waals surface area (Å²) in [5, 5.41) is 11.6. The van der Waals surface area contributed by atoms with Gasteiger partial charge in [0, 0.05) is 31.4 Å². The largest absolute Gasteiger partial charge is 0.497 e. The van der Waals surface area contributed by atoms with Crippen molar-refractivity contribution in [2.24, 2.45) is 0 Å². The molecule has 0 atom stereocenters. The number of benzene rings is 2. The Labute approximate surface area is 180 Å². The van der Waals surface area contributed by atoms with Crippen LogP contribution in [0.2, 0.25) is 0 Å². The van der Waals surface area contributed by atoms with Crippen molar-refractivity contribution in [3.63, 3.8) is 0 Å². The van der Waals surface area contributed by atoms with E-state index in [0.29, 0.717) is 17.5 Å². The summed E-state index contributed by atoms with van der Waals surface area (Å²) >= 11 is 1.26. The van der Waals surface area contributed by atoms with Crippen LogP contribution in [0.15, 0.2) is 59.8 Å². The third kappa shape index (κ3) is 5.66. The number of aromatic nitrogens is 3. The first-order valence-corrected chi connectivity index (χ1v) is 10.6. The summed E-state index contributed by atoms with van der Waals surface area (Å²) in [6.45, 7) is 1.47. The monoisotopic (exact) mass is 426 g/mol. The van der Waals surface area contributed by atoms with Gasteiger partial charge in [0.2, 0.25) is 11.1 Å². The number of carbonyl (C=O) groups is 1. The number of anilines is 1. The first-order valence-electron chi connectivity index (χ1n) is 9.59. The SMILES string of the molecule is COc1ccc(-c2nnc(SCC(=O)NCCCN(C)c3ccccc3)n2N)cc1. The van der Waals surface area contributed by atoms with Crippen LogP contribution in [-0.2, 0) is 4.79 Å². The van der Waals surface area contributed by atoms with Crippen molar-refractivity contribution in [2.75, 3.05) is 43.7 Å². The molecule has 0 aliphatic rings. The molecule has 2 aromatic carbocycles. The highest BCUT2D eigenvalue weighted by atomic mass is 32.2. The minimum absolute atomic E-state index is 0.0589. The predicted octanol–water partition coefficient (Wildman–Crippen LogP) is 2.40. The van der Waals surface area contributed by atoms with E-state index in [1.807, 2.05) is 49.5 Å². The van der Waals surface area contributed by atoms with Crippen LogP contribution >= 0.6 is 11.8 Å². The lowest BCUT2D eigenvalue weighted by molar-refractivity contribution is -0.118. The summed E-state index contributed by atoms with van der Waals surface area (Å²) < 4.78 is 6.55. The molecule has 1 heterocycles. The number of ether oxygens (including phenoxy) is 1. The average Bonchev–Trinajstić information content (AvgIpc) is 3.16. The molecule has 0 saturated carbocycles. The Hall–Kier alpha value is -3.20. The molecule has 0 spiro atoms. The van der Waals surface area contributed by atoms with Gasteiger partial charge < -0.3 is 20.8 Å². The molecule has 9 heteroatoms. The van der Waals surface area contributed by atoms with Gasteiger partial charge in [0.1, 0.15) is 5.75 Å². The highest BCUT2D eigenvalue weighted by molar-refractivity contribution is 7.99. The number of thioether (sulfide) groups is 1. The number of rotatable bonds is 10. The van der Waals surface area contributed by atoms with E-state index in [0.717, 1.165) is 30.0 Å². The van der Waals surface area contributed by atoms with Crippen LogP contribution in [0.5, 0.6) is 5.75 Å². The van der Waals surface area contributed by atoms with Crippen LogP contribution in [0.1, 0.15) is 6.42 Å². The Morgan fingerprint density at radius 3 is 2.60 bits per heavy atom. The van der Waals surface area contributed by atoms with Gasteiger partial charge in [-0.3, -0.25) is 4.79 Å². The van der Waals surface area contributed by atoms with Gasteiger partial charge in [-0.15, -0.1) is 10.2 Å². The minimum Gasteiger partial charge on any atom is -0.497 e. The number of hydrogen-bond acceptors (Lipinski definition) is 7. The fourth-order valence-electron chi connectivity index (χ4n) is 2.85. The quantitative estimate of drug-likeness (QED) is 0.292. The number of nitrogens with zero attached hydrogens (tertiary/aromatic N) is 4. The number of nitrogens with two attached hydrogens (primary N) is 1. The molecule has 0 bridgehead atoms. The van der Waals surface area contributed by atoms with Crippen LogP contribution < -0.4 is 20.8 Å². The van der Waals surface area contributed by atoms with Gasteiger partial charge in [-0.1, -0.05) is 30.0 Å². The van der Waals surface area contributed by atoms with Crippen molar-refractivity contribution in [3.05, 3.63) is 54.6 Å². The Morgan fingerprint density at radius 1 is 1.17 bits per heavy atom. The van der Waals surface area contributed by atoms with Gasteiger partial charge in [0.25, 0.3) is 0 Å². The zero-order valence-electron chi connectivity index (χ0n) is 17.1. The maximum Gasteiger partial charge on any atom is 0.230 e. The van der Waals surface area contributed by atoms with E-state index in [2.05, 4.69) is 32.5 Å². The number of methoxy groups -OCH3 is 1. The molecule has 0 aliphatic carbocycles. The molecule has 0 unspecified atom stereocenters. The van der Waals surface area contributed by atoms with Gasteiger partial charge >= 0.3 is 0 Å². The van der Waals surface area contributed by atoms with E-state index >= 15 is 0 Å². The highest BCUT2D eigenvalue weighted by Crippen LogP contribution is 2.23. The number of para-hydroxylation sites is 1. The fourth-order valence-corrected chi connectivity index (χ4v) is 3.54. The molecule has 30 heavy (non-hydrogen) atoms. The first kappa shape index (κ1) is 21.5. The second kappa shape index (κ2) is 10.5. The van der Waals surface area contributed by atoms with Gasteiger partial charge in [-0.25, -0.2) is 4.68 Å². The van der Waals surface area contributed by atoms with Crippen LogP contribution in [-0.4, -0.2) is 53.8 Å². The lowest BCUT2D eigenvalue weighted by Crippen LogP contribution is -2.29. The number of amides is 1. The van der Waals surface area contributed by atoms with Crippen molar-refractivity contribution in [2.45, 2.75) is 11.6 Å². The summed E-state index contributed by atoms with van der Waals surface area (Å²) in [6.07, 6.45) is 0.858. The molecule has 0 aliphatic heterocycles. The molecule has 158 valence electrons. The van der Waals surface area contributed by atoms with E-state index in [-0.39, 0.29) is 11.7 Å². The van der Waals surface area contributed by atoms with Crippen molar-refractivity contribution >= 4 is 23.4 Å². The van der Waals surface area contributed by atoms with Gasteiger partial charge in [0.15, 0.2) is 5.82 Å². The third-order valence-electron chi connectivity index (χ3n) is 4.53. The van der Waals surface area contributed by atoms with Crippen molar-refractivity contribution < 1.29 is 9.53 Å². The smallest absolute Gasteiger partial charge is 0.230 e. The van der Waals surface area contributed by atoms with E-state index in [1.165, 1.54) is 16.4 Å². The maximum absolute atomic E-state index is 12.1. The summed E-state index contributed by atoms with van der Waals surface area (Å²) in [5.41, 5.74) is 1.99.